The maximum absolute atomic E-state index is 11.9. The number of carbonyl (C=O) groups is 1. The molecule has 0 fully saturated rings. The topological polar surface area (TPSA) is 80.0 Å². The number of hydrogen-bond donors (Lipinski definition) is 2. The lowest BCUT2D eigenvalue weighted by Gasteiger charge is -2.09. The van der Waals surface area contributed by atoms with Crippen LogP contribution in [0.1, 0.15) is 11.3 Å². The van der Waals surface area contributed by atoms with E-state index in [-0.39, 0.29) is 6.03 Å². The van der Waals surface area contributed by atoms with Gasteiger partial charge in [0, 0.05) is 24.5 Å². The molecule has 1 aromatic carbocycles. The summed E-state index contributed by atoms with van der Waals surface area (Å²) >= 11 is 0. The van der Waals surface area contributed by atoms with Crippen molar-refractivity contribution in [3.8, 4) is 11.3 Å². The lowest BCUT2D eigenvalue weighted by molar-refractivity contribution is 0.240. The fourth-order valence-electron chi connectivity index (χ4n) is 2.33. The van der Waals surface area contributed by atoms with Crippen molar-refractivity contribution in [2.75, 3.05) is 6.54 Å². The van der Waals surface area contributed by atoms with Gasteiger partial charge in [-0.05, 0) is 18.1 Å². The van der Waals surface area contributed by atoms with Gasteiger partial charge in [0.05, 0.1) is 30.5 Å². The summed E-state index contributed by atoms with van der Waals surface area (Å²) in [7, 11) is 0. The third-order valence-electron chi connectivity index (χ3n) is 3.53. The van der Waals surface area contributed by atoms with Crippen molar-refractivity contribution in [2.24, 2.45) is 0 Å². The van der Waals surface area contributed by atoms with Gasteiger partial charge >= 0.3 is 6.03 Å². The molecule has 0 atom stereocenters. The van der Waals surface area contributed by atoms with Crippen LogP contribution in [0.4, 0.5) is 4.79 Å². The molecule has 2 amide bonds. The first-order chi connectivity index (χ1) is 11.8. The molecule has 3 aromatic rings. The fourth-order valence-corrected chi connectivity index (χ4v) is 2.33. The zero-order chi connectivity index (χ0) is 16.6. The first kappa shape index (κ1) is 15.7. The normalized spacial score (nSPS) is 10.3. The van der Waals surface area contributed by atoms with Crippen LogP contribution in [0.15, 0.2) is 65.7 Å². The van der Waals surface area contributed by atoms with E-state index < -0.39 is 0 Å². The Morgan fingerprint density at radius 3 is 2.67 bits per heavy atom. The number of nitrogens with one attached hydrogen (secondary N) is 2. The van der Waals surface area contributed by atoms with Gasteiger partial charge in [-0.3, -0.25) is 9.97 Å². The highest BCUT2D eigenvalue weighted by atomic mass is 16.3. The molecule has 0 bridgehead atoms. The molecule has 0 spiro atoms. The minimum absolute atomic E-state index is 0.227. The Kier molecular flexibility index (Phi) is 5.19. The van der Waals surface area contributed by atoms with Crippen molar-refractivity contribution >= 4 is 6.03 Å². The molecule has 2 aromatic heterocycles. The van der Waals surface area contributed by atoms with Gasteiger partial charge in [-0.15, -0.1) is 0 Å². The average Bonchev–Trinajstić information content (AvgIpc) is 3.16. The molecule has 0 aliphatic rings. The van der Waals surface area contributed by atoms with E-state index >= 15 is 0 Å². The van der Waals surface area contributed by atoms with Crippen LogP contribution in [0, 0.1) is 0 Å². The number of benzene rings is 1. The maximum Gasteiger partial charge on any atom is 0.315 e. The smallest absolute Gasteiger partial charge is 0.315 e. The Bertz CT molecular complexity index is 773. The summed E-state index contributed by atoms with van der Waals surface area (Å²) in [5, 5.41) is 5.64. The van der Waals surface area contributed by atoms with Gasteiger partial charge in [0.1, 0.15) is 0 Å². The zero-order valence-corrected chi connectivity index (χ0v) is 13.1. The molecule has 2 N–H and O–H groups in total. The summed E-state index contributed by atoms with van der Waals surface area (Å²) in [6, 6.07) is 11.6. The number of carbonyl (C=O) groups excluding carboxylic acids is 1. The Morgan fingerprint density at radius 1 is 1.04 bits per heavy atom. The third-order valence-corrected chi connectivity index (χ3v) is 3.53. The van der Waals surface area contributed by atoms with Crippen molar-refractivity contribution in [1.82, 2.24) is 20.6 Å². The van der Waals surface area contributed by atoms with Crippen LogP contribution < -0.4 is 10.6 Å². The first-order valence-electron chi connectivity index (χ1n) is 7.71. The zero-order valence-electron chi connectivity index (χ0n) is 13.1. The molecule has 0 saturated heterocycles. The molecule has 0 unspecified atom stereocenters. The highest BCUT2D eigenvalue weighted by molar-refractivity contribution is 5.74. The van der Waals surface area contributed by atoms with Gasteiger partial charge in [-0.1, -0.05) is 30.3 Å². The Morgan fingerprint density at radius 2 is 1.88 bits per heavy atom. The molecular formula is C18H18N4O2. The highest BCUT2D eigenvalue weighted by Crippen LogP contribution is 2.19. The molecule has 6 nitrogen and oxygen atoms in total. The van der Waals surface area contributed by atoms with Crippen LogP contribution >= 0.6 is 0 Å². The van der Waals surface area contributed by atoms with Crippen molar-refractivity contribution in [3.63, 3.8) is 0 Å². The van der Waals surface area contributed by atoms with Crippen LogP contribution in [-0.4, -0.2) is 22.5 Å². The second-order valence-corrected chi connectivity index (χ2v) is 5.21. The molecule has 122 valence electrons. The second kappa shape index (κ2) is 7.92. The first-order valence-corrected chi connectivity index (χ1v) is 7.71. The van der Waals surface area contributed by atoms with Crippen molar-refractivity contribution < 1.29 is 9.21 Å². The molecule has 0 aliphatic heterocycles. The Balaban J connectivity index is 1.50. The van der Waals surface area contributed by atoms with E-state index in [9.17, 15) is 4.79 Å². The molecule has 0 radical (unpaired) electrons. The minimum Gasteiger partial charge on any atom is -0.472 e. The van der Waals surface area contributed by atoms with Crippen LogP contribution in [0.25, 0.3) is 11.3 Å². The predicted octanol–water partition coefficient (Wildman–Crippen LogP) is 2.78. The minimum atomic E-state index is -0.227. The molecular weight excluding hydrogens is 304 g/mol. The number of rotatable bonds is 6. The number of hydrogen-bond acceptors (Lipinski definition) is 4. The van der Waals surface area contributed by atoms with Gasteiger partial charge in [-0.2, -0.15) is 0 Å². The number of aromatic nitrogens is 2. The van der Waals surface area contributed by atoms with Crippen LogP contribution in [-0.2, 0) is 13.0 Å². The fraction of sp³-hybridized carbons (Fsp3) is 0.167. The van der Waals surface area contributed by atoms with Gasteiger partial charge in [0.15, 0.2) is 0 Å². The molecule has 3 rings (SSSR count). The van der Waals surface area contributed by atoms with Crippen LogP contribution in [0.3, 0.4) is 0 Å². The van der Waals surface area contributed by atoms with E-state index in [0.717, 1.165) is 12.0 Å². The van der Waals surface area contributed by atoms with Crippen molar-refractivity contribution in [1.29, 1.82) is 0 Å². The largest absolute Gasteiger partial charge is 0.472 e. The molecule has 6 heteroatoms. The van der Waals surface area contributed by atoms with Crippen LogP contribution in [0.5, 0.6) is 0 Å². The number of furan rings is 1. The summed E-state index contributed by atoms with van der Waals surface area (Å²) < 4.78 is 5.08. The average molecular weight is 322 g/mol. The molecule has 2 heterocycles. The number of nitrogens with zero attached hydrogens (tertiary/aromatic N) is 2. The summed E-state index contributed by atoms with van der Waals surface area (Å²) in [5.41, 5.74) is 3.42. The highest BCUT2D eigenvalue weighted by Gasteiger charge is 2.10. The van der Waals surface area contributed by atoms with E-state index in [4.69, 9.17) is 4.42 Å². The maximum atomic E-state index is 11.9. The molecule has 0 saturated carbocycles. The van der Waals surface area contributed by atoms with E-state index in [0.29, 0.717) is 24.5 Å². The van der Waals surface area contributed by atoms with E-state index in [1.165, 1.54) is 5.56 Å². The standard InChI is InChI=1S/C18H18N4O2/c23-18(21-8-6-14-4-2-1-3-5-14)22-12-16-17(20-10-9-19-16)15-7-11-24-13-15/h1-5,7,9-11,13H,6,8,12H2,(H2,21,22,23). The van der Waals surface area contributed by atoms with E-state index in [1.54, 1.807) is 24.9 Å². The van der Waals surface area contributed by atoms with Crippen LogP contribution in [0.2, 0.25) is 0 Å². The summed E-state index contributed by atoms with van der Waals surface area (Å²) in [4.78, 5) is 20.5. The van der Waals surface area contributed by atoms with Crippen molar-refractivity contribution in [3.05, 3.63) is 72.6 Å². The van der Waals surface area contributed by atoms with Gasteiger partial charge in [-0.25, -0.2) is 4.79 Å². The molecule has 24 heavy (non-hydrogen) atoms. The third kappa shape index (κ3) is 4.19. The Hall–Kier alpha value is -3.15. The number of urea groups is 1. The quantitative estimate of drug-likeness (QED) is 0.731. The van der Waals surface area contributed by atoms with Gasteiger partial charge < -0.3 is 15.1 Å². The second-order valence-electron chi connectivity index (χ2n) is 5.21. The Labute approximate surface area is 140 Å². The summed E-state index contributed by atoms with van der Waals surface area (Å²) in [5.74, 6) is 0. The summed E-state index contributed by atoms with van der Waals surface area (Å²) in [6.07, 6.45) is 7.20. The predicted molar refractivity (Wildman–Crippen MR) is 90.1 cm³/mol. The van der Waals surface area contributed by atoms with Crippen molar-refractivity contribution in [2.45, 2.75) is 13.0 Å². The number of amides is 2. The van der Waals surface area contributed by atoms with Gasteiger partial charge in [0.2, 0.25) is 0 Å². The summed E-state index contributed by atoms with van der Waals surface area (Å²) in [6.45, 7) is 0.871. The lowest BCUT2D eigenvalue weighted by Crippen LogP contribution is -2.36. The monoisotopic (exact) mass is 322 g/mol. The molecule has 0 aliphatic carbocycles. The van der Waals surface area contributed by atoms with E-state index in [2.05, 4.69) is 20.6 Å². The lowest BCUT2D eigenvalue weighted by atomic mass is 10.1. The van der Waals surface area contributed by atoms with Gasteiger partial charge in [0.25, 0.3) is 0 Å². The SMILES string of the molecule is O=C(NCCc1ccccc1)NCc1nccnc1-c1ccoc1. The van der Waals surface area contributed by atoms with E-state index in [1.807, 2.05) is 36.4 Å².